The molecule has 2 aliphatic heterocycles. The van der Waals surface area contributed by atoms with Crippen molar-refractivity contribution in [2.45, 2.75) is 38.1 Å². The molecule has 1 aromatic carbocycles. The zero-order chi connectivity index (χ0) is 18.6. The highest BCUT2D eigenvalue weighted by Crippen LogP contribution is 2.61. The smallest absolute Gasteiger partial charge is 0.307 e. The first-order valence-electron chi connectivity index (χ1n) is 9.22. The van der Waals surface area contributed by atoms with E-state index >= 15 is 0 Å². The number of aryl methyl sites for hydroxylation is 1. The molecule has 0 bridgehead atoms. The largest absolute Gasteiger partial charge is 0.493 e. The number of carbonyl (C=O) groups is 2. The third-order valence-electron chi connectivity index (χ3n) is 6.66. The molecule has 1 saturated carbocycles. The molecule has 3 aliphatic rings. The summed E-state index contributed by atoms with van der Waals surface area (Å²) in [4.78, 5) is 26.8. The first-order valence-corrected chi connectivity index (χ1v) is 9.22. The third-order valence-corrected chi connectivity index (χ3v) is 6.66. The number of carbonyl (C=O) groups excluding carboxylic acids is 1. The van der Waals surface area contributed by atoms with Gasteiger partial charge in [0.05, 0.1) is 25.7 Å². The number of hydrogen-bond donors (Lipinski definition) is 1. The minimum Gasteiger partial charge on any atom is -0.493 e. The van der Waals surface area contributed by atoms with Crippen LogP contribution in [-0.2, 0) is 21.5 Å². The first kappa shape index (κ1) is 17.2. The summed E-state index contributed by atoms with van der Waals surface area (Å²) in [6.45, 7) is 2.67. The van der Waals surface area contributed by atoms with Crippen molar-refractivity contribution in [1.29, 1.82) is 0 Å². The Bertz CT molecular complexity index is 776. The van der Waals surface area contributed by atoms with Crippen LogP contribution in [0.25, 0.3) is 0 Å². The molecule has 26 heavy (non-hydrogen) atoms. The van der Waals surface area contributed by atoms with Crippen molar-refractivity contribution in [3.63, 3.8) is 0 Å². The molecule has 6 nitrogen and oxygen atoms in total. The third kappa shape index (κ3) is 2.10. The average Bonchev–Trinajstić information content (AvgIpc) is 2.96. The number of ether oxygens (including phenoxy) is 2. The van der Waals surface area contributed by atoms with Crippen LogP contribution in [0.2, 0.25) is 0 Å². The maximum absolute atomic E-state index is 12.8. The van der Waals surface area contributed by atoms with Crippen LogP contribution in [0.15, 0.2) is 12.1 Å². The van der Waals surface area contributed by atoms with Crippen LogP contribution < -0.4 is 9.47 Å². The number of benzene rings is 1. The molecule has 1 N–H and O–H groups in total. The number of aliphatic carboxylic acids is 1. The van der Waals surface area contributed by atoms with Crippen molar-refractivity contribution in [1.82, 2.24) is 4.90 Å². The van der Waals surface area contributed by atoms with Gasteiger partial charge in [0, 0.05) is 18.9 Å². The van der Waals surface area contributed by atoms with Crippen LogP contribution in [-0.4, -0.2) is 42.6 Å². The molecule has 0 aromatic heterocycles. The summed E-state index contributed by atoms with van der Waals surface area (Å²) in [7, 11) is 3.22. The molecular weight excluding hydrogens is 334 g/mol. The van der Waals surface area contributed by atoms with E-state index in [9.17, 15) is 14.7 Å². The highest BCUT2D eigenvalue weighted by Gasteiger charge is 2.64. The summed E-state index contributed by atoms with van der Waals surface area (Å²) >= 11 is 0. The van der Waals surface area contributed by atoms with E-state index in [-0.39, 0.29) is 17.7 Å². The van der Waals surface area contributed by atoms with Gasteiger partial charge < -0.3 is 19.5 Å². The number of rotatable bonds is 3. The van der Waals surface area contributed by atoms with Crippen LogP contribution in [0.1, 0.15) is 37.3 Å². The van der Waals surface area contributed by atoms with Gasteiger partial charge >= 0.3 is 5.97 Å². The lowest BCUT2D eigenvalue weighted by molar-refractivity contribution is -0.144. The molecule has 1 amide bonds. The predicted molar refractivity (Wildman–Crippen MR) is 94.3 cm³/mol. The fraction of sp³-hybridized carbons (Fsp3) is 0.600. The lowest BCUT2D eigenvalue weighted by Gasteiger charge is -2.39. The molecule has 1 aromatic rings. The molecule has 1 aliphatic carbocycles. The Hall–Kier alpha value is -2.24. The standard InChI is InChI=1S/C20H25NO5/c1-11-10-20-13-8-16(26-3)15(25-2)7-12(13)5-4-6-21(20)17(22)9-14(20)18(11)19(23)24/h7-8,11,14,18H,4-6,9-10H2,1-3H3,(H,23,24). The molecule has 2 heterocycles. The second kappa shape index (κ2) is 5.89. The molecule has 0 radical (unpaired) electrons. The van der Waals surface area contributed by atoms with Crippen LogP contribution in [0.4, 0.5) is 0 Å². The number of amides is 1. The van der Waals surface area contributed by atoms with Crippen molar-refractivity contribution >= 4 is 11.9 Å². The molecule has 1 spiro atoms. The molecular formula is C20H25NO5. The van der Waals surface area contributed by atoms with E-state index in [1.807, 2.05) is 24.0 Å². The minimum absolute atomic E-state index is 0.0205. The van der Waals surface area contributed by atoms with Crippen molar-refractivity contribution in [2.24, 2.45) is 17.8 Å². The molecule has 140 valence electrons. The molecule has 2 fully saturated rings. The van der Waals surface area contributed by atoms with E-state index in [4.69, 9.17) is 9.47 Å². The summed E-state index contributed by atoms with van der Waals surface area (Å²) in [6.07, 6.45) is 2.72. The molecule has 4 atom stereocenters. The normalized spacial score (nSPS) is 32.5. The Kier molecular flexibility index (Phi) is 3.90. The highest BCUT2D eigenvalue weighted by molar-refractivity contribution is 5.84. The molecule has 6 heteroatoms. The number of fused-ring (bicyclic) bond motifs is 1. The number of hydrogen-bond acceptors (Lipinski definition) is 4. The topological polar surface area (TPSA) is 76.1 Å². The van der Waals surface area contributed by atoms with Crippen LogP contribution in [0.3, 0.4) is 0 Å². The van der Waals surface area contributed by atoms with Crippen molar-refractivity contribution in [3.05, 3.63) is 23.3 Å². The van der Waals surface area contributed by atoms with Crippen molar-refractivity contribution in [2.75, 3.05) is 20.8 Å². The first-order chi connectivity index (χ1) is 12.4. The van der Waals surface area contributed by atoms with Crippen LogP contribution >= 0.6 is 0 Å². The zero-order valence-electron chi connectivity index (χ0n) is 15.4. The van der Waals surface area contributed by atoms with Crippen LogP contribution in [0.5, 0.6) is 11.5 Å². The Labute approximate surface area is 153 Å². The fourth-order valence-electron chi connectivity index (χ4n) is 5.74. The molecule has 4 unspecified atom stereocenters. The van der Waals surface area contributed by atoms with E-state index in [1.165, 1.54) is 0 Å². The maximum Gasteiger partial charge on any atom is 0.307 e. The van der Waals surface area contributed by atoms with Gasteiger partial charge in [-0.2, -0.15) is 0 Å². The second-order valence-corrected chi connectivity index (χ2v) is 7.79. The predicted octanol–water partition coefficient (Wildman–Crippen LogP) is 2.43. The lowest BCUT2D eigenvalue weighted by atomic mass is 9.76. The minimum atomic E-state index is -0.791. The Morgan fingerprint density at radius 2 is 1.96 bits per heavy atom. The second-order valence-electron chi connectivity index (χ2n) is 7.79. The summed E-state index contributed by atoms with van der Waals surface area (Å²) < 4.78 is 11.0. The van der Waals surface area contributed by atoms with Gasteiger partial charge in [-0.25, -0.2) is 0 Å². The van der Waals surface area contributed by atoms with Gasteiger partial charge in [-0.1, -0.05) is 6.92 Å². The van der Waals surface area contributed by atoms with E-state index in [0.717, 1.165) is 24.0 Å². The lowest BCUT2D eigenvalue weighted by Crippen LogP contribution is -2.45. The van der Waals surface area contributed by atoms with Crippen molar-refractivity contribution < 1.29 is 24.2 Å². The van der Waals surface area contributed by atoms with E-state index in [1.54, 1.807) is 14.2 Å². The highest BCUT2D eigenvalue weighted by atomic mass is 16.5. The van der Waals surface area contributed by atoms with Gasteiger partial charge in [0.1, 0.15) is 0 Å². The summed E-state index contributed by atoms with van der Waals surface area (Å²) in [5.74, 6) is -0.0755. The van der Waals surface area contributed by atoms with E-state index in [2.05, 4.69) is 0 Å². The fourth-order valence-corrected chi connectivity index (χ4v) is 5.74. The van der Waals surface area contributed by atoms with Gasteiger partial charge in [0.15, 0.2) is 11.5 Å². The SMILES string of the molecule is COc1cc2c(cc1OC)C13CC(C)C(C(=O)O)C1CC(=O)N3CCC2. The zero-order valence-corrected chi connectivity index (χ0v) is 15.4. The van der Waals surface area contributed by atoms with E-state index in [0.29, 0.717) is 30.9 Å². The Morgan fingerprint density at radius 3 is 2.62 bits per heavy atom. The van der Waals surface area contributed by atoms with Gasteiger partial charge in [0.25, 0.3) is 0 Å². The number of nitrogens with zero attached hydrogens (tertiary/aromatic N) is 1. The van der Waals surface area contributed by atoms with Gasteiger partial charge in [-0.15, -0.1) is 0 Å². The molecule has 1 saturated heterocycles. The summed E-state index contributed by atoms with van der Waals surface area (Å²) in [5, 5.41) is 9.83. The van der Waals surface area contributed by atoms with Crippen molar-refractivity contribution in [3.8, 4) is 11.5 Å². The molecule has 4 rings (SSSR count). The Balaban J connectivity index is 1.96. The summed E-state index contributed by atoms with van der Waals surface area (Å²) in [6, 6.07) is 3.99. The van der Waals surface area contributed by atoms with Gasteiger partial charge in [-0.05, 0) is 48.4 Å². The van der Waals surface area contributed by atoms with Crippen LogP contribution in [0, 0.1) is 17.8 Å². The average molecular weight is 359 g/mol. The Morgan fingerprint density at radius 1 is 1.27 bits per heavy atom. The number of carboxylic acid groups (broad SMARTS) is 1. The van der Waals surface area contributed by atoms with E-state index < -0.39 is 17.4 Å². The number of carboxylic acids is 1. The quantitative estimate of drug-likeness (QED) is 0.897. The summed E-state index contributed by atoms with van der Waals surface area (Å²) in [5.41, 5.74) is 1.66. The maximum atomic E-state index is 12.8. The monoisotopic (exact) mass is 359 g/mol. The van der Waals surface area contributed by atoms with Gasteiger partial charge in [0.2, 0.25) is 5.91 Å². The van der Waals surface area contributed by atoms with Gasteiger partial charge in [-0.3, -0.25) is 9.59 Å². The number of methoxy groups -OCH3 is 2.